The number of fused-ring (bicyclic) bond motifs is 1. The molecule has 0 bridgehead atoms. The molecule has 1 N–H and O–H groups in total. The molecule has 130 valence electrons. The number of likely N-dealkylation sites (tertiary alicyclic amines) is 1. The van der Waals surface area contributed by atoms with Gasteiger partial charge in [0.1, 0.15) is 13.2 Å². The van der Waals surface area contributed by atoms with Gasteiger partial charge in [0.25, 0.3) is 5.91 Å². The molecule has 2 aliphatic heterocycles. The topological polar surface area (TPSA) is 50.8 Å². The van der Waals surface area contributed by atoms with Gasteiger partial charge in [-0.3, -0.25) is 4.79 Å². The number of benzene rings is 1. The van der Waals surface area contributed by atoms with Crippen LogP contribution in [0.25, 0.3) is 0 Å². The predicted octanol–water partition coefficient (Wildman–Crippen LogP) is 2.45. The van der Waals surface area contributed by atoms with Crippen LogP contribution in [-0.4, -0.2) is 50.2 Å². The van der Waals surface area contributed by atoms with Crippen LogP contribution in [-0.2, 0) is 0 Å². The van der Waals surface area contributed by atoms with E-state index in [2.05, 4.69) is 10.2 Å². The van der Waals surface area contributed by atoms with Crippen LogP contribution in [0.1, 0.15) is 42.5 Å². The fourth-order valence-electron chi connectivity index (χ4n) is 3.71. The van der Waals surface area contributed by atoms with Crippen molar-refractivity contribution < 1.29 is 14.3 Å². The first kappa shape index (κ1) is 15.8. The molecule has 4 rings (SSSR count). The minimum atomic E-state index is -0.0168. The van der Waals surface area contributed by atoms with Gasteiger partial charge in [-0.1, -0.05) is 6.42 Å². The zero-order chi connectivity index (χ0) is 16.4. The first-order valence-corrected chi connectivity index (χ1v) is 9.14. The maximum absolute atomic E-state index is 12.5. The van der Waals surface area contributed by atoms with Crippen molar-refractivity contribution in [2.45, 2.75) is 32.1 Å². The average Bonchev–Trinajstić information content (AvgIpc) is 3.40. The van der Waals surface area contributed by atoms with E-state index in [0.29, 0.717) is 29.9 Å². The number of carbonyl (C=O) groups excluding carboxylic acids is 1. The molecule has 3 aliphatic rings. The summed E-state index contributed by atoms with van der Waals surface area (Å²) in [4.78, 5) is 15.1. The Hall–Kier alpha value is -1.75. The van der Waals surface area contributed by atoms with Crippen molar-refractivity contribution in [2.75, 3.05) is 39.4 Å². The lowest BCUT2D eigenvalue weighted by molar-refractivity contribution is 0.0934. The third-order valence-corrected chi connectivity index (χ3v) is 5.39. The van der Waals surface area contributed by atoms with Crippen LogP contribution in [0.2, 0.25) is 0 Å². The molecule has 1 aromatic rings. The molecule has 5 nitrogen and oxygen atoms in total. The van der Waals surface area contributed by atoms with E-state index in [1.807, 2.05) is 12.1 Å². The number of hydrogen-bond acceptors (Lipinski definition) is 4. The molecule has 5 heteroatoms. The van der Waals surface area contributed by atoms with E-state index >= 15 is 0 Å². The summed E-state index contributed by atoms with van der Waals surface area (Å²) in [5.74, 6) is 1.38. The fraction of sp³-hybridized carbons (Fsp3) is 0.632. The van der Waals surface area contributed by atoms with Gasteiger partial charge in [-0.15, -0.1) is 0 Å². The molecule has 2 heterocycles. The summed E-state index contributed by atoms with van der Waals surface area (Å²) in [6, 6.07) is 5.42. The first-order valence-electron chi connectivity index (χ1n) is 9.14. The largest absolute Gasteiger partial charge is 0.486 e. The third-order valence-electron chi connectivity index (χ3n) is 5.39. The van der Waals surface area contributed by atoms with Gasteiger partial charge < -0.3 is 19.7 Å². The van der Waals surface area contributed by atoms with E-state index in [0.717, 1.165) is 18.8 Å². The van der Waals surface area contributed by atoms with Gasteiger partial charge >= 0.3 is 0 Å². The molecule has 24 heavy (non-hydrogen) atoms. The van der Waals surface area contributed by atoms with Crippen molar-refractivity contribution in [3.63, 3.8) is 0 Å². The number of piperidine rings is 1. The van der Waals surface area contributed by atoms with Crippen molar-refractivity contribution in [3.05, 3.63) is 23.8 Å². The van der Waals surface area contributed by atoms with Crippen LogP contribution in [0, 0.1) is 5.41 Å². The molecule has 1 aromatic carbocycles. The molecule has 0 atom stereocenters. The van der Waals surface area contributed by atoms with E-state index in [4.69, 9.17) is 9.47 Å². The minimum absolute atomic E-state index is 0.0168. The van der Waals surface area contributed by atoms with Gasteiger partial charge in [-0.2, -0.15) is 0 Å². The maximum atomic E-state index is 12.5. The Morgan fingerprint density at radius 3 is 2.58 bits per heavy atom. The van der Waals surface area contributed by atoms with Crippen molar-refractivity contribution in [1.82, 2.24) is 10.2 Å². The van der Waals surface area contributed by atoms with Crippen LogP contribution < -0.4 is 14.8 Å². The number of carbonyl (C=O) groups is 1. The average molecular weight is 330 g/mol. The Kier molecular flexibility index (Phi) is 4.35. The van der Waals surface area contributed by atoms with Gasteiger partial charge in [0.15, 0.2) is 11.5 Å². The third kappa shape index (κ3) is 3.51. The predicted molar refractivity (Wildman–Crippen MR) is 91.7 cm³/mol. The highest BCUT2D eigenvalue weighted by Gasteiger charge is 2.44. The van der Waals surface area contributed by atoms with Crippen LogP contribution in [0.5, 0.6) is 11.5 Å². The Morgan fingerprint density at radius 1 is 1.08 bits per heavy atom. The van der Waals surface area contributed by atoms with Crippen molar-refractivity contribution in [2.24, 2.45) is 5.41 Å². The lowest BCUT2D eigenvalue weighted by Gasteiger charge is -2.30. The second-order valence-corrected chi connectivity index (χ2v) is 7.38. The van der Waals surface area contributed by atoms with E-state index in [9.17, 15) is 4.79 Å². The summed E-state index contributed by atoms with van der Waals surface area (Å²) in [7, 11) is 0. The zero-order valence-corrected chi connectivity index (χ0v) is 14.2. The maximum Gasteiger partial charge on any atom is 0.251 e. The minimum Gasteiger partial charge on any atom is -0.486 e. The van der Waals surface area contributed by atoms with E-state index < -0.39 is 0 Å². The van der Waals surface area contributed by atoms with Gasteiger partial charge in [0.2, 0.25) is 0 Å². The van der Waals surface area contributed by atoms with Gasteiger partial charge in [-0.05, 0) is 57.0 Å². The molecule has 1 amide bonds. The number of nitrogens with zero attached hydrogens (tertiary/aromatic N) is 1. The summed E-state index contributed by atoms with van der Waals surface area (Å²) in [6.07, 6.45) is 6.46. The standard InChI is InChI=1S/C19H26N2O3/c22-18(15-4-5-16-17(12-15)24-11-10-23-16)20-13-19(6-7-19)14-21-8-2-1-3-9-21/h4-5,12H,1-3,6-11,13-14H2,(H,20,22). The molecule has 1 saturated heterocycles. The van der Waals surface area contributed by atoms with Crippen LogP contribution in [0.15, 0.2) is 18.2 Å². The number of rotatable bonds is 5. The summed E-state index contributed by atoms with van der Waals surface area (Å²) in [5.41, 5.74) is 0.953. The molecule has 0 unspecified atom stereocenters. The van der Waals surface area contributed by atoms with Crippen LogP contribution in [0.4, 0.5) is 0 Å². The van der Waals surface area contributed by atoms with Crippen molar-refractivity contribution in [1.29, 1.82) is 0 Å². The Bertz CT molecular complexity index is 607. The van der Waals surface area contributed by atoms with E-state index in [-0.39, 0.29) is 5.91 Å². The lowest BCUT2D eigenvalue weighted by Crippen LogP contribution is -2.40. The Labute approximate surface area is 143 Å². The summed E-state index contributed by atoms with van der Waals surface area (Å²) in [6.45, 7) is 5.45. The van der Waals surface area contributed by atoms with Crippen molar-refractivity contribution in [3.8, 4) is 11.5 Å². The molecule has 0 spiro atoms. The van der Waals surface area contributed by atoms with Crippen LogP contribution in [0.3, 0.4) is 0 Å². The second kappa shape index (κ2) is 6.63. The summed E-state index contributed by atoms with van der Waals surface area (Å²) < 4.78 is 11.1. The van der Waals surface area contributed by atoms with E-state index in [1.165, 1.54) is 45.2 Å². The lowest BCUT2D eigenvalue weighted by atomic mass is 10.0. The quantitative estimate of drug-likeness (QED) is 0.901. The molecule has 0 aromatic heterocycles. The summed E-state index contributed by atoms with van der Waals surface area (Å²) in [5, 5.41) is 3.14. The Balaban J connectivity index is 1.33. The normalized spacial score (nSPS) is 22.0. The zero-order valence-electron chi connectivity index (χ0n) is 14.2. The van der Waals surface area contributed by atoms with E-state index in [1.54, 1.807) is 6.07 Å². The molecular weight excluding hydrogens is 304 g/mol. The molecular formula is C19H26N2O3. The number of nitrogens with one attached hydrogen (secondary N) is 1. The fourth-order valence-corrected chi connectivity index (χ4v) is 3.71. The first-order chi connectivity index (χ1) is 11.7. The Morgan fingerprint density at radius 2 is 1.83 bits per heavy atom. The highest BCUT2D eigenvalue weighted by Crippen LogP contribution is 2.46. The summed E-state index contributed by atoms with van der Waals surface area (Å²) >= 11 is 0. The second-order valence-electron chi connectivity index (χ2n) is 7.38. The number of amides is 1. The van der Waals surface area contributed by atoms with Gasteiger partial charge in [0, 0.05) is 24.1 Å². The van der Waals surface area contributed by atoms with Crippen LogP contribution >= 0.6 is 0 Å². The smallest absolute Gasteiger partial charge is 0.251 e. The highest BCUT2D eigenvalue weighted by atomic mass is 16.6. The van der Waals surface area contributed by atoms with Gasteiger partial charge in [-0.25, -0.2) is 0 Å². The molecule has 0 radical (unpaired) electrons. The van der Waals surface area contributed by atoms with Gasteiger partial charge in [0.05, 0.1) is 0 Å². The SMILES string of the molecule is O=C(NCC1(CN2CCCCC2)CC1)c1ccc2c(c1)OCCO2. The number of hydrogen-bond donors (Lipinski definition) is 1. The molecule has 2 fully saturated rings. The van der Waals surface area contributed by atoms with Crippen molar-refractivity contribution >= 4 is 5.91 Å². The highest BCUT2D eigenvalue weighted by molar-refractivity contribution is 5.94. The monoisotopic (exact) mass is 330 g/mol. The molecule has 1 saturated carbocycles. The number of ether oxygens (including phenoxy) is 2. The molecule has 1 aliphatic carbocycles.